The molecule has 2 aliphatic heterocycles. The van der Waals surface area contributed by atoms with E-state index in [0.29, 0.717) is 41.3 Å². The molecule has 9 nitrogen and oxygen atoms in total. The van der Waals surface area contributed by atoms with Gasteiger partial charge in [-0.2, -0.15) is 0 Å². The molecular formula is C27H28N4O5. The predicted molar refractivity (Wildman–Crippen MR) is 136 cm³/mol. The molecular weight excluding hydrogens is 460 g/mol. The lowest BCUT2D eigenvalue weighted by Crippen LogP contribution is -2.33. The van der Waals surface area contributed by atoms with E-state index in [-0.39, 0.29) is 19.1 Å². The molecule has 3 amide bonds. The van der Waals surface area contributed by atoms with Crippen LogP contribution in [0.5, 0.6) is 5.75 Å². The van der Waals surface area contributed by atoms with Crippen LogP contribution < -0.4 is 26.4 Å². The van der Waals surface area contributed by atoms with Crippen LogP contribution in [0.1, 0.15) is 40.0 Å². The Bertz CT molecular complexity index is 1280. The van der Waals surface area contributed by atoms with Crippen LogP contribution in [0.2, 0.25) is 0 Å². The van der Waals surface area contributed by atoms with E-state index in [1.165, 1.54) is 0 Å². The smallest absolute Gasteiger partial charge is 0.411 e. The number of carbonyl (C=O) groups is 3. The van der Waals surface area contributed by atoms with Crippen LogP contribution in [-0.2, 0) is 22.5 Å². The molecule has 1 atom stereocenters. The molecule has 5 rings (SSSR count). The van der Waals surface area contributed by atoms with E-state index in [1.807, 2.05) is 25.1 Å². The monoisotopic (exact) mass is 488 g/mol. The zero-order valence-electron chi connectivity index (χ0n) is 19.9. The van der Waals surface area contributed by atoms with Gasteiger partial charge in [-0.15, -0.1) is 0 Å². The minimum Gasteiger partial charge on any atom is -0.494 e. The first-order valence-electron chi connectivity index (χ1n) is 11.7. The van der Waals surface area contributed by atoms with Gasteiger partial charge in [0.15, 0.2) is 0 Å². The van der Waals surface area contributed by atoms with Gasteiger partial charge in [0, 0.05) is 29.9 Å². The third-order valence-electron chi connectivity index (χ3n) is 5.69. The van der Waals surface area contributed by atoms with Gasteiger partial charge in [-0.25, -0.2) is 4.79 Å². The number of anilines is 2. The normalized spacial score (nSPS) is 15.9. The van der Waals surface area contributed by atoms with E-state index in [0.717, 1.165) is 11.1 Å². The fraction of sp³-hybridized carbons (Fsp3) is 0.222. The predicted octanol–water partition coefficient (Wildman–Crippen LogP) is 3.76. The molecule has 2 aliphatic rings. The van der Waals surface area contributed by atoms with Crippen molar-refractivity contribution < 1.29 is 23.9 Å². The van der Waals surface area contributed by atoms with Gasteiger partial charge in [0.1, 0.15) is 11.8 Å². The molecule has 3 aromatic rings. The zero-order chi connectivity index (χ0) is 25.5. The highest BCUT2D eigenvalue weighted by molar-refractivity contribution is 5.94. The number of hydrogen-bond donors (Lipinski definition) is 4. The maximum absolute atomic E-state index is 13.4. The Labute approximate surface area is 209 Å². The standard InChI is InChI=1S/C27H28N4O5/c1-2-35-23-15-19-10-9-18(23)11-12-36-27(34)31-21-7-3-5-17(13-21)16-29-26(33)24(19)30-22-8-4-6-20(14-22)25(28)32/h3-10,13-15,24,30H,2,11-12,16H2,1H3,(H2,28,32)(H,29,33)(H,31,34). The van der Waals surface area contributed by atoms with E-state index in [1.54, 1.807) is 48.5 Å². The van der Waals surface area contributed by atoms with Crippen LogP contribution in [0.25, 0.3) is 0 Å². The summed E-state index contributed by atoms with van der Waals surface area (Å²) in [5, 5.41) is 8.89. The largest absolute Gasteiger partial charge is 0.494 e. The Kier molecular flexibility index (Phi) is 7.69. The van der Waals surface area contributed by atoms with Crippen LogP contribution in [0.4, 0.5) is 16.2 Å². The summed E-state index contributed by atoms with van der Waals surface area (Å²) in [5.41, 5.74) is 9.21. The Morgan fingerprint density at radius 2 is 1.94 bits per heavy atom. The first-order valence-corrected chi connectivity index (χ1v) is 11.7. The SMILES string of the molecule is CCOc1cc2ccc1CCOC(=O)Nc1cccc(c1)CNC(=O)C2Nc1cccc(C(N)=O)c1. The summed E-state index contributed by atoms with van der Waals surface area (Å²) in [6, 6.07) is 18.6. The number of ether oxygens (including phenoxy) is 2. The first-order chi connectivity index (χ1) is 17.4. The van der Waals surface area contributed by atoms with Crippen molar-refractivity contribution in [3.05, 3.63) is 89.0 Å². The molecule has 0 spiro atoms. The molecule has 36 heavy (non-hydrogen) atoms. The van der Waals surface area contributed by atoms with E-state index < -0.39 is 18.0 Å². The van der Waals surface area contributed by atoms with Crippen molar-refractivity contribution in [2.75, 3.05) is 23.8 Å². The van der Waals surface area contributed by atoms with E-state index in [9.17, 15) is 14.4 Å². The molecule has 186 valence electrons. The van der Waals surface area contributed by atoms with Gasteiger partial charge in [-0.05, 0) is 60.0 Å². The third kappa shape index (κ3) is 6.12. The molecule has 0 radical (unpaired) electrons. The lowest BCUT2D eigenvalue weighted by molar-refractivity contribution is -0.122. The topological polar surface area (TPSA) is 132 Å². The van der Waals surface area contributed by atoms with Gasteiger partial charge >= 0.3 is 6.09 Å². The van der Waals surface area contributed by atoms with Crippen molar-refractivity contribution in [3.8, 4) is 5.75 Å². The summed E-state index contributed by atoms with van der Waals surface area (Å²) in [5.74, 6) is -0.236. The van der Waals surface area contributed by atoms with Crippen molar-refractivity contribution in [1.29, 1.82) is 0 Å². The lowest BCUT2D eigenvalue weighted by atomic mass is 10.0. The summed E-state index contributed by atoms with van der Waals surface area (Å²) < 4.78 is 11.2. The highest BCUT2D eigenvalue weighted by atomic mass is 16.5. The first kappa shape index (κ1) is 24.6. The van der Waals surface area contributed by atoms with Crippen molar-refractivity contribution in [2.45, 2.75) is 25.9 Å². The zero-order valence-corrected chi connectivity index (χ0v) is 19.9. The maximum Gasteiger partial charge on any atom is 0.411 e. The number of amides is 3. The highest BCUT2D eigenvalue weighted by Gasteiger charge is 2.23. The number of benzene rings is 3. The molecule has 0 fully saturated rings. The second kappa shape index (κ2) is 11.3. The van der Waals surface area contributed by atoms with Crippen LogP contribution >= 0.6 is 0 Å². The average Bonchev–Trinajstić information content (AvgIpc) is 2.87. The molecule has 0 aromatic heterocycles. The van der Waals surface area contributed by atoms with Gasteiger partial charge in [0.05, 0.1) is 13.2 Å². The number of primary amides is 1. The summed E-state index contributed by atoms with van der Waals surface area (Å²) >= 11 is 0. The van der Waals surface area contributed by atoms with Crippen LogP contribution in [0.3, 0.4) is 0 Å². The number of rotatable bonds is 5. The Hall–Kier alpha value is -4.53. The molecule has 2 heterocycles. The number of fused-ring (bicyclic) bond motifs is 9. The van der Waals surface area contributed by atoms with Crippen molar-refractivity contribution >= 4 is 29.3 Å². The number of hydrogen-bond acceptors (Lipinski definition) is 6. The van der Waals surface area contributed by atoms with E-state index >= 15 is 0 Å². The number of nitrogens with two attached hydrogens (primary N) is 1. The average molecular weight is 489 g/mol. The Morgan fingerprint density at radius 1 is 1.11 bits per heavy atom. The lowest BCUT2D eigenvalue weighted by Gasteiger charge is -2.22. The molecule has 5 N–H and O–H groups in total. The fourth-order valence-electron chi connectivity index (χ4n) is 3.93. The molecule has 0 saturated heterocycles. The van der Waals surface area contributed by atoms with Crippen LogP contribution in [-0.4, -0.2) is 31.1 Å². The van der Waals surface area contributed by atoms with Crippen molar-refractivity contribution in [3.63, 3.8) is 0 Å². The second-order valence-electron chi connectivity index (χ2n) is 8.25. The summed E-state index contributed by atoms with van der Waals surface area (Å²) in [6.07, 6.45) is -0.117. The number of carbonyl (C=O) groups excluding carboxylic acids is 3. The molecule has 4 bridgehead atoms. The summed E-state index contributed by atoms with van der Waals surface area (Å²) in [7, 11) is 0. The van der Waals surface area contributed by atoms with Gasteiger partial charge in [0.25, 0.3) is 0 Å². The van der Waals surface area contributed by atoms with E-state index in [2.05, 4.69) is 16.0 Å². The van der Waals surface area contributed by atoms with Gasteiger partial charge in [-0.3, -0.25) is 14.9 Å². The molecule has 0 aliphatic carbocycles. The maximum atomic E-state index is 13.4. The second-order valence-corrected chi connectivity index (χ2v) is 8.25. The molecule has 3 aromatic carbocycles. The van der Waals surface area contributed by atoms with Gasteiger partial charge < -0.3 is 25.8 Å². The molecule has 0 saturated carbocycles. The Morgan fingerprint density at radius 3 is 2.75 bits per heavy atom. The number of nitrogens with one attached hydrogen (secondary N) is 3. The summed E-state index contributed by atoms with van der Waals surface area (Å²) in [4.78, 5) is 37.3. The quantitative estimate of drug-likeness (QED) is 0.432. The molecule has 1 unspecified atom stereocenters. The Balaban J connectivity index is 1.71. The van der Waals surface area contributed by atoms with E-state index in [4.69, 9.17) is 15.2 Å². The van der Waals surface area contributed by atoms with Crippen LogP contribution in [0.15, 0.2) is 66.7 Å². The van der Waals surface area contributed by atoms with Gasteiger partial charge in [0.2, 0.25) is 11.8 Å². The van der Waals surface area contributed by atoms with Gasteiger partial charge in [-0.1, -0.05) is 30.3 Å². The van der Waals surface area contributed by atoms with Crippen molar-refractivity contribution in [2.24, 2.45) is 5.73 Å². The summed E-state index contributed by atoms with van der Waals surface area (Å²) in [6.45, 7) is 2.70. The third-order valence-corrected chi connectivity index (χ3v) is 5.69. The highest BCUT2D eigenvalue weighted by Crippen LogP contribution is 2.28. The molecule has 9 heteroatoms. The van der Waals surface area contributed by atoms with Crippen molar-refractivity contribution in [1.82, 2.24) is 5.32 Å². The minimum atomic E-state index is -0.784. The minimum absolute atomic E-state index is 0.160. The fourth-order valence-corrected chi connectivity index (χ4v) is 3.93. The van der Waals surface area contributed by atoms with Crippen LogP contribution in [0, 0.1) is 0 Å².